The summed E-state index contributed by atoms with van der Waals surface area (Å²) in [5, 5.41) is 9.03. The van der Waals surface area contributed by atoms with Crippen LogP contribution in [0.4, 0.5) is 15.8 Å². The molecule has 8 nitrogen and oxygen atoms in total. The van der Waals surface area contributed by atoms with E-state index in [-0.39, 0.29) is 24.0 Å². The molecule has 3 N–H and O–H groups in total. The van der Waals surface area contributed by atoms with Gasteiger partial charge in [0.1, 0.15) is 11.6 Å². The number of carbonyl (C=O) groups is 3. The monoisotopic (exact) mass is 496 g/mol. The fourth-order valence-corrected chi connectivity index (χ4v) is 3.09. The standard InChI is InChI=1S/C25H22ClFN4O4/c1-15-7-8-16(2)21(11-15)29-23(32)14-35-22-10-9-18(26)12-17(22)13-28-31-25(34)24(33)30-20-6-4-3-5-19(20)27/h3-13H,14H2,1-2H3,(H,29,32)(H,30,33)(H,31,34)/b28-13-. The second-order valence-electron chi connectivity index (χ2n) is 7.47. The maximum Gasteiger partial charge on any atom is 0.329 e. The Morgan fingerprint density at radius 2 is 1.74 bits per heavy atom. The molecule has 0 heterocycles. The highest BCUT2D eigenvalue weighted by molar-refractivity contribution is 6.39. The molecule has 10 heteroatoms. The number of halogens is 2. The number of hydrazone groups is 1. The quantitative estimate of drug-likeness (QED) is 0.259. The van der Waals surface area contributed by atoms with Crippen LogP contribution in [0.25, 0.3) is 0 Å². The second kappa shape index (κ2) is 11.8. The van der Waals surface area contributed by atoms with Crippen molar-refractivity contribution in [2.45, 2.75) is 13.8 Å². The van der Waals surface area contributed by atoms with Gasteiger partial charge in [0.15, 0.2) is 6.61 Å². The van der Waals surface area contributed by atoms with Gasteiger partial charge in [-0.3, -0.25) is 14.4 Å². The van der Waals surface area contributed by atoms with Crippen molar-refractivity contribution < 1.29 is 23.5 Å². The first-order valence-electron chi connectivity index (χ1n) is 10.4. The number of rotatable bonds is 7. The van der Waals surface area contributed by atoms with Gasteiger partial charge in [-0.25, -0.2) is 9.82 Å². The van der Waals surface area contributed by atoms with Crippen molar-refractivity contribution in [2.75, 3.05) is 17.2 Å². The zero-order chi connectivity index (χ0) is 25.4. The number of carbonyl (C=O) groups excluding carboxylic acids is 3. The van der Waals surface area contributed by atoms with E-state index >= 15 is 0 Å². The predicted octanol–water partition coefficient (Wildman–Crippen LogP) is 4.20. The Labute approximate surface area is 206 Å². The molecule has 180 valence electrons. The first kappa shape index (κ1) is 25.4. The first-order valence-corrected chi connectivity index (χ1v) is 10.8. The van der Waals surface area contributed by atoms with Crippen LogP contribution in [0.3, 0.4) is 0 Å². The number of anilines is 2. The molecule has 0 radical (unpaired) electrons. The molecular formula is C25H22ClFN4O4. The van der Waals surface area contributed by atoms with Crippen LogP contribution in [-0.4, -0.2) is 30.5 Å². The molecule has 0 unspecified atom stereocenters. The minimum absolute atomic E-state index is 0.138. The smallest absolute Gasteiger partial charge is 0.329 e. The molecule has 35 heavy (non-hydrogen) atoms. The van der Waals surface area contributed by atoms with Gasteiger partial charge in [-0.2, -0.15) is 5.10 Å². The number of para-hydroxylation sites is 1. The van der Waals surface area contributed by atoms with Gasteiger partial charge in [0.05, 0.1) is 11.9 Å². The summed E-state index contributed by atoms with van der Waals surface area (Å²) >= 11 is 6.03. The van der Waals surface area contributed by atoms with Crippen molar-refractivity contribution in [1.82, 2.24) is 5.43 Å². The van der Waals surface area contributed by atoms with Crippen LogP contribution in [-0.2, 0) is 14.4 Å². The molecule has 0 aromatic heterocycles. The molecule has 0 aliphatic carbocycles. The van der Waals surface area contributed by atoms with Gasteiger partial charge in [-0.15, -0.1) is 0 Å². The lowest BCUT2D eigenvalue weighted by Crippen LogP contribution is -2.32. The lowest BCUT2D eigenvalue weighted by molar-refractivity contribution is -0.136. The minimum atomic E-state index is -1.11. The molecule has 0 aliphatic heterocycles. The van der Waals surface area contributed by atoms with Crippen molar-refractivity contribution in [3.63, 3.8) is 0 Å². The molecule has 0 saturated heterocycles. The van der Waals surface area contributed by atoms with Crippen molar-refractivity contribution in [3.05, 3.63) is 88.2 Å². The van der Waals surface area contributed by atoms with Crippen LogP contribution < -0.4 is 20.8 Å². The number of amides is 3. The molecule has 0 bridgehead atoms. The normalized spacial score (nSPS) is 10.6. The second-order valence-corrected chi connectivity index (χ2v) is 7.91. The highest BCUT2D eigenvalue weighted by atomic mass is 35.5. The Balaban J connectivity index is 1.60. The van der Waals surface area contributed by atoms with Crippen LogP contribution in [0.2, 0.25) is 5.02 Å². The van der Waals surface area contributed by atoms with Crippen LogP contribution in [0, 0.1) is 19.7 Å². The number of nitrogens with one attached hydrogen (secondary N) is 3. The zero-order valence-electron chi connectivity index (χ0n) is 18.9. The summed E-state index contributed by atoms with van der Waals surface area (Å²) in [6, 6.07) is 15.8. The lowest BCUT2D eigenvalue weighted by atomic mass is 10.1. The highest BCUT2D eigenvalue weighted by Gasteiger charge is 2.15. The zero-order valence-corrected chi connectivity index (χ0v) is 19.7. The third-order valence-electron chi connectivity index (χ3n) is 4.70. The SMILES string of the molecule is Cc1ccc(C)c(NC(=O)COc2ccc(Cl)cc2/C=N\NC(=O)C(=O)Nc2ccccc2F)c1. The number of hydrogen-bond donors (Lipinski definition) is 3. The molecule has 0 aliphatic rings. The van der Waals surface area contributed by atoms with E-state index in [2.05, 4.69) is 15.7 Å². The Hall–Kier alpha value is -4.24. The van der Waals surface area contributed by atoms with Crippen LogP contribution in [0.5, 0.6) is 5.75 Å². The molecule has 3 aromatic carbocycles. The largest absolute Gasteiger partial charge is 0.483 e. The van der Waals surface area contributed by atoms with Crippen LogP contribution in [0.15, 0.2) is 65.8 Å². The number of ether oxygens (including phenoxy) is 1. The summed E-state index contributed by atoms with van der Waals surface area (Å²) in [6.07, 6.45) is 1.21. The van der Waals surface area contributed by atoms with E-state index < -0.39 is 17.6 Å². The van der Waals surface area contributed by atoms with E-state index in [0.717, 1.165) is 17.2 Å². The van der Waals surface area contributed by atoms with Crippen molar-refractivity contribution >= 4 is 46.9 Å². The molecule has 0 saturated carbocycles. The molecular weight excluding hydrogens is 475 g/mol. The minimum Gasteiger partial charge on any atom is -0.483 e. The van der Waals surface area contributed by atoms with Crippen LogP contribution >= 0.6 is 11.6 Å². The third kappa shape index (κ3) is 7.38. The fourth-order valence-electron chi connectivity index (χ4n) is 2.90. The van der Waals surface area contributed by atoms with E-state index in [1.807, 2.05) is 37.5 Å². The maximum atomic E-state index is 13.6. The summed E-state index contributed by atoms with van der Waals surface area (Å²) in [5.74, 6) is -2.98. The number of nitrogens with zero attached hydrogens (tertiary/aromatic N) is 1. The van der Waals surface area contributed by atoms with Crippen LogP contribution in [0.1, 0.15) is 16.7 Å². The maximum absolute atomic E-state index is 13.6. The van der Waals surface area contributed by atoms with Gasteiger partial charge >= 0.3 is 11.8 Å². The average Bonchev–Trinajstić information content (AvgIpc) is 2.82. The summed E-state index contributed by atoms with van der Waals surface area (Å²) in [6.45, 7) is 3.52. The molecule has 3 amide bonds. The molecule has 0 spiro atoms. The van der Waals surface area contributed by atoms with Gasteiger partial charge in [0.2, 0.25) is 0 Å². The van der Waals surface area contributed by atoms with Crippen molar-refractivity contribution in [1.29, 1.82) is 0 Å². The van der Waals surface area contributed by atoms with E-state index in [1.54, 1.807) is 12.1 Å². The number of aryl methyl sites for hydroxylation is 2. The Kier molecular flexibility index (Phi) is 8.53. The number of benzene rings is 3. The summed E-state index contributed by atoms with van der Waals surface area (Å²) in [4.78, 5) is 36.3. The van der Waals surface area contributed by atoms with Gasteiger partial charge in [-0.1, -0.05) is 35.9 Å². The van der Waals surface area contributed by atoms with Crippen molar-refractivity contribution in [2.24, 2.45) is 5.10 Å². The average molecular weight is 497 g/mol. The fraction of sp³-hybridized carbons (Fsp3) is 0.120. The Morgan fingerprint density at radius 3 is 2.51 bits per heavy atom. The number of hydrogen-bond acceptors (Lipinski definition) is 5. The van der Waals surface area contributed by atoms with Gasteiger partial charge in [0, 0.05) is 16.3 Å². The van der Waals surface area contributed by atoms with Crippen molar-refractivity contribution in [3.8, 4) is 5.75 Å². The topological polar surface area (TPSA) is 109 Å². The summed E-state index contributed by atoms with van der Waals surface area (Å²) in [5.41, 5.74) is 4.87. The van der Waals surface area contributed by atoms with E-state index in [9.17, 15) is 18.8 Å². The third-order valence-corrected chi connectivity index (χ3v) is 4.93. The predicted molar refractivity (Wildman–Crippen MR) is 132 cm³/mol. The lowest BCUT2D eigenvalue weighted by Gasteiger charge is -2.12. The Morgan fingerprint density at radius 1 is 0.971 bits per heavy atom. The van der Waals surface area contributed by atoms with E-state index in [0.29, 0.717) is 16.3 Å². The molecule has 0 atom stereocenters. The molecule has 3 aromatic rings. The van der Waals surface area contributed by atoms with E-state index in [4.69, 9.17) is 16.3 Å². The van der Waals surface area contributed by atoms with Gasteiger partial charge in [0.25, 0.3) is 5.91 Å². The van der Waals surface area contributed by atoms with E-state index in [1.165, 1.54) is 30.5 Å². The summed E-state index contributed by atoms with van der Waals surface area (Å²) in [7, 11) is 0. The Bertz CT molecular complexity index is 1300. The highest BCUT2D eigenvalue weighted by Crippen LogP contribution is 2.22. The summed E-state index contributed by atoms with van der Waals surface area (Å²) < 4.78 is 19.2. The molecule has 3 rings (SSSR count). The van der Waals surface area contributed by atoms with Gasteiger partial charge < -0.3 is 15.4 Å². The molecule has 0 fully saturated rings. The first-order chi connectivity index (χ1) is 16.7. The van der Waals surface area contributed by atoms with Gasteiger partial charge in [-0.05, 0) is 61.4 Å².